The number of piperidine rings is 1. The Morgan fingerprint density at radius 1 is 1.13 bits per heavy atom. The van der Waals surface area contributed by atoms with Crippen LogP contribution in [0.4, 0.5) is 5.95 Å². The highest BCUT2D eigenvalue weighted by atomic mass is 16.5. The van der Waals surface area contributed by atoms with Crippen LogP contribution in [0.3, 0.4) is 0 Å². The van der Waals surface area contributed by atoms with Gasteiger partial charge in [0, 0.05) is 18.3 Å². The van der Waals surface area contributed by atoms with Crippen LogP contribution < -0.4 is 15.2 Å². The van der Waals surface area contributed by atoms with Crippen LogP contribution in [0.15, 0.2) is 60.8 Å². The molecule has 160 valence electrons. The van der Waals surface area contributed by atoms with Crippen LogP contribution in [-0.4, -0.2) is 41.0 Å². The molecule has 1 fully saturated rings. The first-order chi connectivity index (χ1) is 15.2. The summed E-state index contributed by atoms with van der Waals surface area (Å²) in [5.74, 6) is 1.54. The number of methoxy groups -OCH3 is 1. The minimum atomic E-state index is -0.188. The highest BCUT2D eigenvalue weighted by Crippen LogP contribution is 2.36. The van der Waals surface area contributed by atoms with Crippen LogP contribution >= 0.6 is 0 Å². The molecule has 3 aromatic rings. The van der Waals surface area contributed by atoms with Gasteiger partial charge in [0.2, 0.25) is 5.95 Å². The molecule has 7 nitrogen and oxygen atoms in total. The van der Waals surface area contributed by atoms with E-state index in [4.69, 9.17) is 15.2 Å². The quantitative estimate of drug-likeness (QED) is 0.654. The molecule has 0 radical (unpaired) electrons. The molecule has 0 spiro atoms. The normalized spacial score (nSPS) is 16.0. The molecule has 0 aliphatic carbocycles. The second-order valence-corrected chi connectivity index (χ2v) is 7.46. The SMILES string of the molecule is COc1cccc(-c2cnc(N)nc2C2CCCCN2C(=O)COc2ccccc2)c1. The lowest BCUT2D eigenvalue weighted by atomic mass is 9.93. The molecule has 31 heavy (non-hydrogen) atoms. The zero-order chi connectivity index (χ0) is 21.6. The molecule has 2 heterocycles. The number of carbonyl (C=O) groups is 1. The van der Waals surface area contributed by atoms with Crippen molar-refractivity contribution in [2.24, 2.45) is 0 Å². The smallest absolute Gasteiger partial charge is 0.261 e. The molecule has 1 aliphatic heterocycles. The number of nitrogens with two attached hydrogens (primary N) is 1. The number of ether oxygens (including phenoxy) is 2. The first-order valence-electron chi connectivity index (χ1n) is 10.4. The van der Waals surface area contributed by atoms with Gasteiger partial charge in [-0.25, -0.2) is 9.97 Å². The fraction of sp³-hybridized carbons (Fsp3) is 0.292. The average molecular weight is 418 g/mol. The molecular weight excluding hydrogens is 392 g/mol. The van der Waals surface area contributed by atoms with Crippen molar-refractivity contribution >= 4 is 11.9 Å². The van der Waals surface area contributed by atoms with Gasteiger partial charge in [0.05, 0.1) is 18.8 Å². The molecule has 7 heteroatoms. The van der Waals surface area contributed by atoms with Crippen LogP contribution in [0, 0.1) is 0 Å². The number of hydrogen-bond acceptors (Lipinski definition) is 6. The predicted octanol–water partition coefficient (Wildman–Crippen LogP) is 3.87. The maximum Gasteiger partial charge on any atom is 0.261 e. The number of likely N-dealkylation sites (tertiary alicyclic amines) is 1. The summed E-state index contributed by atoms with van der Waals surface area (Å²) in [4.78, 5) is 23.7. The van der Waals surface area contributed by atoms with Crippen molar-refractivity contribution in [1.82, 2.24) is 14.9 Å². The molecule has 2 N–H and O–H groups in total. The molecule has 2 aromatic carbocycles. The standard InChI is InChI=1S/C24H26N4O3/c1-30-19-11-7-8-17(14-19)20-15-26-24(25)27-23(20)21-12-5-6-13-28(21)22(29)16-31-18-9-3-2-4-10-18/h2-4,7-11,14-15,21H,5-6,12-13,16H2,1H3,(H2,25,26,27). The summed E-state index contributed by atoms with van der Waals surface area (Å²) in [6.45, 7) is 0.638. The number of carbonyl (C=O) groups excluding carboxylic acids is 1. The van der Waals surface area contributed by atoms with Gasteiger partial charge >= 0.3 is 0 Å². The first-order valence-corrected chi connectivity index (χ1v) is 10.4. The topological polar surface area (TPSA) is 90.6 Å². The Labute approximate surface area is 181 Å². The zero-order valence-electron chi connectivity index (χ0n) is 17.5. The third kappa shape index (κ3) is 4.77. The number of aromatic nitrogens is 2. The van der Waals surface area contributed by atoms with E-state index in [1.807, 2.05) is 59.5 Å². The highest BCUT2D eigenvalue weighted by molar-refractivity contribution is 5.79. The first kappa shape index (κ1) is 20.7. The van der Waals surface area contributed by atoms with Crippen LogP contribution in [-0.2, 0) is 4.79 Å². The van der Waals surface area contributed by atoms with Crippen LogP contribution in [0.2, 0.25) is 0 Å². The Morgan fingerprint density at radius 2 is 1.94 bits per heavy atom. The number of rotatable bonds is 6. The van der Waals surface area contributed by atoms with Gasteiger partial charge in [0.25, 0.3) is 5.91 Å². The minimum Gasteiger partial charge on any atom is -0.497 e. The molecule has 1 aliphatic rings. The molecule has 1 saturated heterocycles. The largest absolute Gasteiger partial charge is 0.497 e. The molecule has 4 rings (SSSR count). The lowest BCUT2D eigenvalue weighted by Crippen LogP contribution is -2.41. The van der Waals surface area contributed by atoms with Gasteiger partial charge in [-0.2, -0.15) is 0 Å². The van der Waals surface area contributed by atoms with Crippen molar-refractivity contribution in [1.29, 1.82) is 0 Å². The molecule has 0 bridgehead atoms. The molecule has 1 atom stereocenters. The lowest BCUT2D eigenvalue weighted by molar-refractivity contribution is -0.137. The molecule has 0 saturated carbocycles. The van der Waals surface area contributed by atoms with Crippen LogP contribution in [0.25, 0.3) is 11.1 Å². The second kappa shape index (κ2) is 9.47. The van der Waals surface area contributed by atoms with Gasteiger partial charge in [0.15, 0.2) is 6.61 Å². The second-order valence-electron chi connectivity index (χ2n) is 7.46. The Hall–Kier alpha value is -3.61. The number of amides is 1. The predicted molar refractivity (Wildman–Crippen MR) is 119 cm³/mol. The van der Waals surface area contributed by atoms with E-state index in [0.29, 0.717) is 12.3 Å². The molecule has 1 unspecified atom stereocenters. The lowest BCUT2D eigenvalue weighted by Gasteiger charge is -2.36. The number of para-hydroxylation sites is 1. The Kier molecular flexibility index (Phi) is 6.31. The fourth-order valence-electron chi connectivity index (χ4n) is 3.94. The van der Waals surface area contributed by atoms with Gasteiger partial charge in [-0.05, 0) is 49.1 Å². The van der Waals surface area contributed by atoms with E-state index in [9.17, 15) is 4.79 Å². The third-order valence-electron chi connectivity index (χ3n) is 5.46. The number of hydrogen-bond donors (Lipinski definition) is 1. The van der Waals surface area contributed by atoms with Gasteiger partial charge in [-0.1, -0.05) is 30.3 Å². The zero-order valence-corrected chi connectivity index (χ0v) is 17.5. The number of anilines is 1. The summed E-state index contributed by atoms with van der Waals surface area (Å²) in [6, 6.07) is 16.9. The Balaban J connectivity index is 1.63. The fourth-order valence-corrected chi connectivity index (χ4v) is 3.94. The average Bonchev–Trinajstić information content (AvgIpc) is 2.83. The maximum atomic E-state index is 13.1. The van der Waals surface area contributed by atoms with Crippen LogP contribution in [0.5, 0.6) is 11.5 Å². The Morgan fingerprint density at radius 3 is 2.74 bits per heavy atom. The molecular formula is C24H26N4O3. The maximum absolute atomic E-state index is 13.1. The van der Waals surface area contributed by atoms with E-state index < -0.39 is 0 Å². The van der Waals surface area contributed by atoms with Crippen molar-refractivity contribution in [3.05, 3.63) is 66.5 Å². The summed E-state index contributed by atoms with van der Waals surface area (Å²) in [5, 5.41) is 0. The van der Waals surface area contributed by atoms with Crippen molar-refractivity contribution in [2.75, 3.05) is 26.0 Å². The van der Waals surface area contributed by atoms with Gasteiger partial charge in [0.1, 0.15) is 11.5 Å². The number of nitrogens with zero attached hydrogens (tertiary/aromatic N) is 3. The minimum absolute atomic E-state index is 0.0183. The van der Waals surface area contributed by atoms with Crippen LogP contribution in [0.1, 0.15) is 31.0 Å². The van der Waals surface area contributed by atoms with E-state index in [1.165, 1.54) is 0 Å². The number of nitrogen functional groups attached to an aromatic ring is 1. The van der Waals surface area contributed by atoms with Crippen molar-refractivity contribution in [3.63, 3.8) is 0 Å². The summed E-state index contributed by atoms with van der Waals surface area (Å²) < 4.78 is 11.1. The van der Waals surface area contributed by atoms with Gasteiger partial charge in [-0.15, -0.1) is 0 Å². The van der Waals surface area contributed by atoms with E-state index in [0.717, 1.165) is 41.8 Å². The van der Waals surface area contributed by atoms with Crippen molar-refractivity contribution < 1.29 is 14.3 Å². The Bertz CT molecular complexity index is 1040. The third-order valence-corrected chi connectivity index (χ3v) is 5.46. The summed E-state index contributed by atoms with van der Waals surface area (Å²) in [6.07, 6.45) is 4.49. The van der Waals surface area contributed by atoms with E-state index in [-0.39, 0.29) is 24.5 Å². The van der Waals surface area contributed by atoms with Crippen molar-refractivity contribution in [2.45, 2.75) is 25.3 Å². The number of benzene rings is 2. The highest BCUT2D eigenvalue weighted by Gasteiger charge is 2.31. The summed E-state index contributed by atoms with van der Waals surface area (Å²) in [5.41, 5.74) is 8.48. The van der Waals surface area contributed by atoms with E-state index in [1.54, 1.807) is 13.3 Å². The summed E-state index contributed by atoms with van der Waals surface area (Å²) >= 11 is 0. The molecule has 1 aromatic heterocycles. The van der Waals surface area contributed by atoms with Gasteiger partial charge < -0.3 is 20.1 Å². The monoisotopic (exact) mass is 418 g/mol. The summed E-state index contributed by atoms with van der Waals surface area (Å²) in [7, 11) is 1.63. The van der Waals surface area contributed by atoms with Gasteiger partial charge in [-0.3, -0.25) is 4.79 Å². The van der Waals surface area contributed by atoms with E-state index >= 15 is 0 Å². The van der Waals surface area contributed by atoms with Crippen molar-refractivity contribution in [3.8, 4) is 22.6 Å². The van der Waals surface area contributed by atoms with E-state index in [2.05, 4.69) is 9.97 Å². The molecule has 1 amide bonds.